The molecule has 1 aliphatic heterocycles. The van der Waals surface area contributed by atoms with Crippen LogP contribution in [0.5, 0.6) is 0 Å². The number of hydrogen-bond acceptors (Lipinski definition) is 5. The Kier molecular flexibility index (Phi) is 6.19. The van der Waals surface area contributed by atoms with E-state index in [0.29, 0.717) is 22.3 Å². The number of aliphatic imine (C=N–C) groups is 1. The topological polar surface area (TPSA) is 73.2 Å². The summed E-state index contributed by atoms with van der Waals surface area (Å²) in [4.78, 5) is 32.5. The Hall–Kier alpha value is -3.32. The summed E-state index contributed by atoms with van der Waals surface area (Å²) in [6, 6.07) is 14.1. The number of carbonyl (C=O) groups is 2. The van der Waals surface area contributed by atoms with E-state index in [1.807, 2.05) is 49.3 Å². The van der Waals surface area contributed by atoms with Crippen LogP contribution < -0.4 is 4.90 Å². The zero-order valence-corrected chi connectivity index (χ0v) is 17.0. The summed E-state index contributed by atoms with van der Waals surface area (Å²) in [5.74, 6) is -1.12. The SMILES string of the molecule is C=CCN1C(=O)C(=Cc2ccc(N(C)C)cc2)SC1=Nc1ccc(C(=O)O)cc1. The van der Waals surface area contributed by atoms with Gasteiger partial charge >= 0.3 is 5.97 Å². The van der Waals surface area contributed by atoms with Gasteiger partial charge in [0.05, 0.1) is 16.2 Å². The number of amidine groups is 1. The third kappa shape index (κ3) is 4.75. The van der Waals surface area contributed by atoms with Gasteiger partial charge in [-0.1, -0.05) is 18.2 Å². The van der Waals surface area contributed by atoms with Crippen molar-refractivity contribution >= 4 is 46.3 Å². The Morgan fingerprint density at radius 1 is 1.17 bits per heavy atom. The molecule has 1 saturated heterocycles. The lowest BCUT2D eigenvalue weighted by molar-refractivity contribution is -0.121. The van der Waals surface area contributed by atoms with Gasteiger partial charge in [0.2, 0.25) is 0 Å². The van der Waals surface area contributed by atoms with Crippen molar-refractivity contribution in [2.75, 3.05) is 25.5 Å². The van der Waals surface area contributed by atoms with E-state index in [-0.39, 0.29) is 11.5 Å². The molecule has 29 heavy (non-hydrogen) atoms. The summed E-state index contributed by atoms with van der Waals surface area (Å²) in [6.07, 6.45) is 3.49. The number of anilines is 1. The second-order valence-electron chi connectivity index (χ2n) is 6.55. The Bertz CT molecular complexity index is 993. The van der Waals surface area contributed by atoms with E-state index in [1.165, 1.54) is 23.9 Å². The summed E-state index contributed by atoms with van der Waals surface area (Å²) in [6.45, 7) is 4.06. The summed E-state index contributed by atoms with van der Waals surface area (Å²) in [5.41, 5.74) is 2.78. The van der Waals surface area contributed by atoms with Crippen molar-refractivity contribution in [3.63, 3.8) is 0 Å². The number of amides is 1. The Balaban J connectivity index is 1.89. The van der Waals surface area contributed by atoms with E-state index in [0.717, 1.165) is 11.3 Å². The summed E-state index contributed by atoms with van der Waals surface area (Å²) in [5, 5.41) is 9.55. The number of rotatable bonds is 6. The minimum absolute atomic E-state index is 0.132. The van der Waals surface area contributed by atoms with Gasteiger partial charge in [0.1, 0.15) is 0 Å². The highest BCUT2D eigenvalue weighted by Crippen LogP contribution is 2.34. The van der Waals surface area contributed by atoms with Gasteiger partial charge in [-0.25, -0.2) is 9.79 Å². The molecular formula is C22H21N3O3S. The Morgan fingerprint density at radius 2 is 1.83 bits per heavy atom. The van der Waals surface area contributed by atoms with Crippen LogP contribution >= 0.6 is 11.8 Å². The first-order valence-corrected chi connectivity index (χ1v) is 9.72. The molecule has 0 unspecified atom stereocenters. The molecule has 0 aliphatic carbocycles. The van der Waals surface area contributed by atoms with Gasteiger partial charge in [0.25, 0.3) is 5.91 Å². The van der Waals surface area contributed by atoms with Gasteiger partial charge in [-0.05, 0) is 59.8 Å². The van der Waals surface area contributed by atoms with Crippen molar-refractivity contribution in [2.24, 2.45) is 4.99 Å². The lowest BCUT2D eigenvalue weighted by atomic mass is 10.2. The smallest absolute Gasteiger partial charge is 0.335 e. The minimum atomic E-state index is -0.992. The van der Waals surface area contributed by atoms with E-state index >= 15 is 0 Å². The lowest BCUT2D eigenvalue weighted by Gasteiger charge is -2.12. The molecule has 0 spiro atoms. The first kappa shape index (κ1) is 20.4. The third-order valence-corrected chi connectivity index (χ3v) is 5.25. The largest absolute Gasteiger partial charge is 0.478 e. The van der Waals surface area contributed by atoms with Crippen molar-refractivity contribution in [1.82, 2.24) is 4.90 Å². The van der Waals surface area contributed by atoms with Crippen LogP contribution in [0, 0.1) is 0 Å². The first-order chi connectivity index (χ1) is 13.9. The van der Waals surface area contributed by atoms with Crippen molar-refractivity contribution < 1.29 is 14.7 Å². The fourth-order valence-corrected chi connectivity index (χ4v) is 3.70. The van der Waals surface area contributed by atoms with E-state index in [1.54, 1.807) is 23.1 Å². The highest BCUT2D eigenvalue weighted by molar-refractivity contribution is 8.18. The Labute approximate surface area is 173 Å². The van der Waals surface area contributed by atoms with E-state index in [4.69, 9.17) is 5.11 Å². The monoisotopic (exact) mass is 407 g/mol. The standard InChI is InChI=1S/C22H21N3O3S/c1-4-13-25-20(26)19(14-15-5-11-18(12-6-15)24(2)3)29-22(25)23-17-9-7-16(8-10-17)21(27)28/h4-12,14H,1,13H2,2-3H3,(H,27,28). The molecule has 1 N–H and O–H groups in total. The second-order valence-corrected chi connectivity index (χ2v) is 7.56. The molecular weight excluding hydrogens is 386 g/mol. The average molecular weight is 407 g/mol. The van der Waals surface area contributed by atoms with Crippen molar-refractivity contribution in [1.29, 1.82) is 0 Å². The predicted molar refractivity (Wildman–Crippen MR) is 119 cm³/mol. The molecule has 0 aromatic heterocycles. The molecule has 3 rings (SSSR count). The Morgan fingerprint density at radius 3 is 2.38 bits per heavy atom. The van der Waals surface area contributed by atoms with Crippen LogP contribution in [0.25, 0.3) is 6.08 Å². The van der Waals surface area contributed by atoms with E-state index in [9.17, 15) is 9.59 Å². The molecule has 2 aromatic rings. The lowest BCUT2D eigenvalue weighted by Crippen LogP contribution is -2.29. The van der Waals surface area contributed by atoms with Gasteiger partial charge in [0.15, 0.2) is 5.17 Å². The number of benzene rings is 2. The number of carboxylic acids is 1. The van der Waals surface area contributed by atoms with Crippen LogP contribution in [0.1, 0.15) is 15.9 Å². The molecule has 2 aromatic carbocycles. The fourth-order valence-electron chi connectivity index (χ4n) is 2.69. The molecule has 1 fully saturated rings. The van der Waals surface area contributed by atoms with Crippen LogP contribution in [0.15, 0.2) is 71.1 Å². The van der Waals surface area contributed by atoms with Crippen LogP contribution in [-0.4, -0.2) is 47.7 Å². The van der Waals surface area contributed by atoms with Gasteiger partial charge in [-0.3, -0.25) is 9.69 Å². The summed E-state index contributed by atoms with van der Waals surface area (Å²) >= 11 is 1.29. The van der Waals surface area contributed by atoms with Crippen LogP contribution in [0.4, 0.5) is 11.4 Å². The number of thioether (sulfide) groups is 1. The maximum absolute atomic E-state index is 12.8. The maximum atomic E-state index is 12.8. The molecule has 0 saturated carbocycles. The summed E-state index contributed by atoms with van der Waals surface area (Å²) in [7, 11) is 3.95. The third-order valence-electron chi connectivity index (χ3n) is 4.25. The van der Waals surface area contributed by atoms with E-state index in [2.05, 4.69) is 11.6 Å². The molecule has 0 atom stereocenters. The molecule has 148 valence electrons. The fraction of sp³-hybridized carbons (Fsp3) is 0.136. The first-order valence-electron chi connectivity index (χ1n) is 8.91. The molecule has 1 heterocycles. The molecule has 1 amide bonds. The number of carboxylic acid groups (broad SMARTS) is 1. The molecule has 6 nitrogen and oxygen atoms in total. The van der Waals surface area contributed by atoms with Crippen LogP contribution in [-0.2, 0) is 4.79 Å². The van der Waals surface area contributed by atoms with Gasteiger partial charge in [-0.15, -0.1) is 6.58 Å². The highest BCUT2D eigenvalue weighted by atomic mass is 32.2. The normalized spacial score (nSPS) is 16.5. The molecule has 0 radical (unpaired) electrons. The highest BCUT2D eigenvalue weighted by Gasteiger charge is 2.32. The minimum Gasteiger partial charge on any atom is -0.478 e. The summed E-state index contributed by atoms with van der Waals surface area (Å²) < 4.78 is 0. The molecule has 1 aliphatic rings. The zero-order chi connectivity index (χ0) is 21.0. The van der Waals surface area contributed by atoms with E-state index < -0.39 is 5.97 Å². The molecule has 0 bridgehead atoms. The van der Waals surface area contributed by atoms with Gasteiger partial charge < -0.3 is 10.0 Å². The predicted octanol–water partition coefficient (Wildman–Crippen LogP) is 4.24. The van der Waals surface area contributed by atoms with Crippen molar-refractivity contribution in [3.8, 4) is 0 Å². The second kappa shape index (κ2) is 8.79. The van der Waals surface area contributed by atoms with Crippen molar-refractivity contribution in [3.05, 3.63) is 77.2 Å². The van der Waals surface area contributed by atoms with Crippen LogP contribution in [0.3, 0.4) is 0 Å². The van der Waals surface area contributed by atoms with Gasteiger partial charge in [-0.2, -0.15) is 0 Å². The maximum Gasteiger partial charge on any atom is 0.335 e. The zero-order valence-electron chi connectivity index (χ0n) is 16.2. The van der Waals surface area contributed by atoms with Gasteiger partial charge in [0, 0.05) is 26.3 Å². The van der Waals surface area contributed by atoms with Crippen LogP contribution in [0.2, 0.25) is 0 Å². The van der Waals surface area contributed by atoms with Crippen molar-refractivity contribution in [2.45, 2.75) is 0 Å². The molecule has 7 heteroatoms. The quantitative estimate of drug-likeness (QED) is 0.573. The number of hydrogen-bond donors (Lipinski definition) is 1. The number of aromatic carboxylic acids is 1. The average Bonchev–Trinajstić information content (AvgIpc) is 2.98. The number of nitrogens with zero attached hydrogens (tertiary/aromatic N) is 3. The number of carbonyl (C=O) groups excluding carboxylic acids is 1.